The molecule has 2 atom stereocenters. The fourth-order valence-electron chi connectivity index (χ4n) is 2.38. The molecule has 0 saturated carbocycles. The van der Waals surface area contributed by atoms with Crippen molar-refractivity contribution in [2.75, 3.05) is 0 Å². The number of benzene rings is 1. The van der Waals surface area contributed by atoms with E-state index in [2.05, 4.69) is 17.0 Å². The van der Waals surface area contributed by atoms with Crippen molar-refractivity contribution in [3.8, 4) is 11.4 Å². The van der Waals surface area contributed by atoms with Crippen LogP contribution in [0.25, 0.3) is 11.4 Å². The average Bonchev–Trinajstić information content (AvgIpc) is 2.74. The molecule has 0 bridgehead atoms. The van der Waals surface area contributed by atoms with Crippen LogP contribution in [0.3, 0.4) is 0 Å². The van der Waals surface area contributed by atoms with E-state index in [1.54, 1.807) is 0 Å². The zero-order valence-electron chi connectivity index (χ0n) is 9.87. The summed E-state index contributed by atoms with van der Waals surface area (Å²) in [4.78, 5) is 4.56. The average molecular weight is 228 g/mol. The predicted octanol–water partition coefficient (Wildman–Crippen LogP) is 1.98. The van der Waals surface area contributed by atoms with Crippen LogP contribution in [0.5, 0.6) is 0 Å². The molecule has 0 fully saturated rings. The first-order valence-electron chi connectivity index (χ1n) is 6.00. The summed E-state index contributed by atoms with van der Waals surface area (Å²) < 4.78 is 1.96. The van der Waals surface area contributed by atoms with Crippen LogP contribution in [0.15, 0.2) is 30.3 Å². The minimum absolute atomic E-state index is 0.0173. The highest BCUT2D eigenvalue weighted by Gasteiger charge is 2.25. The van der Waals surface area contributed by atoms with Gasteiger partial charge in [0, 0.05) is 12.1 Å². The zero-order chi connectivity index (χ0) is 11.8. The van der Waals surface area contributed by atoms with Crippen molar-refractivity contribution >= 4 is 0 Å². The van der Waals surface area contributed by atoms with Gasteiger partial charge in [0.25, 0.3) is 0 Å². The van der Waals surface area contributed by atoms with Gasteiger partial charge in [-0.15, -0.1) is 0 Å². The maximum Gasteiger partial charge on any atom is 0.181 e. The van der Waals surface area contributed by atoms with Crippen molar-refractivity contribution in [3.05, 3.63) is 36.2 Å². The first-order chi connectivity index (χ1) is 8.24. The van der Waals surface area contributed by atoms with Gasteiger partial charge in [-0.25, -0.2) is 9.67 Å². The highest BCUT2D eigenvalue weighted by molar-refractivity contribution is 5.54. The minimum atomic E-state index is 0.0173. The third-order valence-corrected chi connectivity index (χ3v) is 3.20. The summed E-state index contributed by atoms with van der Waals surface area (Å²) in [6.45, 7) is 3.12. The molecule has 2 aromatic rings. The molecule has 0 spiro atoms. The van der Waals surface area contributed by atoms with Crippen LogP contribution in [-0.4, -0.2) is 14.8 Å². The maximum absolute atomic E-state index is 6.10. The number of rotatable bonds is 1. The highest BCUT2D eigenvalue weighted by Crippen LogP contribution is 2.27. The molecule has 17 heavy (non-hydrogen) atoms. The molecule has 2 N–H and O–H groups in total. The van der Waals surface area contributed by atoms with E-state index in [1.165, 1.54) is 0 Å². The molecule has 0 radical (unpaired) electrons. The summed E-state index contributed by atoms with van der Waals surface area (Å²) in [6.07, 6.45) is 0.993. The Balaban J connectivity index is 2.03. The number of nitrogens with two attached hydrogens (primary N) is 1. The van der Waals surface area contributed by atoms with Crippen LogP contribution >= 0.6 is 0 Å². The standard InChI is InChI=1S/C13H16N4/c1-9-7-11(14)13-15-12(16-17(13)8-9)10-5-3-2-4-6-10/h2-6,9,11H,7-8,14H2,1H3. The number of nitrogens with zero attached hydrogens (tertiary/aromatic N) is 3. The van der Waals surface area contributed by atoms with Gasteiger partial charge in [0.2, 0.25) is 0 Å². The van der Waals surface area contributed by atoms with Crippen molar-refractivity contribution in [1.82, 2.24) is 14.8 Å². The third-order valence-electron chi connectivity index (χ3n) is 3.20. The molecule has 0 saturated heterocycles. The Morgan fingerprint density at radius 1 is 1.29 bits per heavy atom. The normalized spacial score (nSPS) is 23.4. The lowest BCUT2D eigenvalue weighted by Crippen LogP contribution is -2.27. The van der Waals surface area contributed by atoms with Crippen molar-refractivity contribution in [1.29, 1.82) is 0 Å². The molecule has 4 nitrogen and oxygen atoms in total. The van der Waals surface area contributed by atoms with Gasteiger partial charge in [0.15, 0.2) is 5.82 Å². The van der Waals surface area contributed by atoms with E-state index >= 15 is 0 Å². The highest BCUT2D eigenvalue weighted by atomic mass is 15.4. The first-order valence-corrected chi connectivity index (χ1v) is 6.00. The van der Waals surface area contributed by atoms with E-state index in [0.717, 1.165) is 30.2 Å². The van der Waals surface area contributed by atoms with Crippen LogP contribution in [0, 0.1) is 5.92 Å². The Kier molecular flexibility index (Phi) is 2.44. The van der Waals surface area contributed by atoms with Crippen LogP contribution in [-0.2, 0) is 6.54 Å². The second kappa shape index (κ2) is 3.96. The summed E-state index contributed by atoms with van der Waals surface area (Å²) in [6, 6.07) is 10.1. The molecule has 88 valence electrons. The van der Waals surface area contributed by atoms with E-state index in [4.69, 9.17) is 5.73 Å². The van der Waals surface area contributed by atoms with Gasteiger partial charge in [0.05, 0.1) is 6.04 Å². The summed E-state index contributed by atoms with van der Waals surface area (Å²) in [7, 11) is 0. The predicted molar refractivity (Wildman–Crippen MR) is 66.2 cm³/mol. The molecule has 4 heteroatoms. The van der Waals surface area contributed by atoms with E-state index in [9.17, 15) is 0 Å². The van der Waals surface area contributed by atoms with Crippen molar-refractivity contribution < 1.29 is 0 Å². The lowest BCUT2D eigenvalue weighted by Gasteiger charge is -2.23. The second-order valence-corrected chi connectivity index (χ2v) is 4.79. The van der Waals surface area contributed by atoms with Gasteiger partial charge in [-0.05, 0) is 12.3 Å². The Morgan fingerprint density at radius 2 is 2.06 bits per heavy atom. The lowest BCUT2D eigenvalue weighted by atomic mass is 9.98. The molecule has 0 amide bonds. The van der Waals surface area contributed by atoms with E-state index in [-0.39, 0.29) is 6.04 Å². The summed E-state index contributed by atoms with van der Waals surface area (Å²) in [5.74, 6) is 2.27. The fraction of sp³-hybridized carbons (Fsp3) is 0.385. The molecule has 1 aliphatic rings. The summed E-state index contributed by atoms with van der Waals surface area (Å²) in [5.41, 5.74) is 7.16. The smallest absolute Gasteiger partial charge is 0.181 e. The Hall–Kier alpha value is -1.68. The largest absolute Gasteiger partial charge is 0.321 e. The molecule has 1 aliphatic heterocycles. The van der Waals surface area contributed by atoms with Crippen molar-refractivity contribution in [3.63, 3.8) is 0 Å². The van der Waals surface area contributed by atoms with Gasteiger partial charge in [-0.1, -0.05) is 37.3 Å². The van der Waals surface area contributed by atoms with Gasteiger partial charge in [-0.3, -0.25) is 0 Å². The maximum atomic E-state index is 6.10. The minimum Gasteiger partial charge on any atom is -0.321 e. The van der Waals surface area contributed by atoms with Gasteiger partial charge in [0.1, 0.15) is 5.82 Å². The fourth-order valence-corrected chi connectivity index (χ4v) is 2.38. The summed E-state index contributed by atoms with van der Waals surface area (Å²) >= 11 is 0. The van der Waals surface area contributed by atoms with Crippen LogP contribution in [0.1, 0.15) is 25.2 Å². The van der Waals surface area contributed by atoms with Crippen LogP contribution in [0.4, 0.5) is 0 Å². The van der Waals surface area contributed by atoms with Crippen LogP contribution < -0.4 is 5.73 Å². The number of hydrogen-bond donors (Lipinski definition) is 1. The van der Waals surface area contributed by atoms with Crippen molar-refractivity contribution in [2.45, 2.75) is 25.9 Å². The van der Waals surface area contributed by atoms with E-state index in [1.807, 2.05) is 35.0 Å². The van der Waals surface area contributed by atoms with E-state index < -0.39 is 0 Å². The monoisotopic (exact) mass is 228 g/mol. The molecule has 2 unspecified atom stereocenters. The van der Waals surface area contributed by atoms with Gasteiger partial charge < -0.3 is 5.73 Å². The van der Waals surface area contributed by atoms with Gasteiger partial charge >= 0.3 is 0 Å². The Morgan fingerprint density at radius 3 is 2.82 bits per heavy atom. The van der Waals surface area contributed by atoms with Crippen LogP contribution in [0.2, 0.25) is 0 Å². The zero-order valence-corrected chi connectivity index (χ0v) is 9.87. The Bertz CT molecular complexity index is 517. The quantitative estimate of drug-likeness (QED) is 0.812. The topological polar surface area (TPSA) is 56.7 Å². The molecule has 1 aromatic heterocycles. The number of hydrogen-bond acceptors (Lipinski definition) is 3. The van der Waals surface area contributed by atoms with Gasteiger partial charge in [-0.2, -0.15) is 5.10 Å². The second-order valence-electron chi connectivity index (χ2n) is 4.79. The van der Waals surface area contributed by atoms with Crippen molar-refractivity contribution in [2.24, 2.45) is 11.7 Å². The number of aromatic nitrogens is 3. The molecule has 3 rings (SSSR count). The Labute approximate surface area is 100 Å². The third kappa shape index (κ3) is 1.85. The SMILES string of the molecule is CC1CC(N)c2nc(-c3ccccc3)nn2C1. The molecule has 1 aromatic carbocycles. The lowest BCUT2D eigenvalue weighted by molar-refractivity contribution is 0.325. The summed E-state index contributed by atoms with van der Waals surface area (Å²) in [5, 5.41) is 4.55. The number of fused-ring (bicyclic) bond motifs is 1. The van der Waals surface area contributed by atoms with E-state index in [0.29, 0.717) is 5.92 Å². The molecular weight excluding hydrogens is 212 g/mol. The molecule has 2 heterocycles. The molecule has 0 aliphatic carbocycles. The first kappa shape index (κ1) is 10.5. The molecular formula is C13H16N4.